The Morgan fingerprint density at radius 3 is 2.73 bits per heavy atom. The molecule has 0 atom stereocenters. The van der Waals surface area contributed by atoms with Crippen molar-refractivity contribution in [3.05, 3.63) is 47.3 Å². The fourth-order valence-corrected chi connectivity index (χ4v) is 2.37. The topological polar surface area (TPSA) is 68.2 Å². The lowest BCUT2D eigenvalue weighted by Gasteiger charge is -2.10. The second-order valence-electron chi connectivity index (χ2n) is 5.60. The van der Waals surface area contributed by atoms with Crippen LogP contribution in [0.2, 0.25) is 0 Å². The van der Waals surface area contributed by atoms with Crippen LogP contribution in [0.25, 0.3) is 5.69 Å². The summed E-state index contributed by atoms with van der Waals surface area (Å²) in [5.74, 6) is -0.325. The largest absolute Gasteiger partial charge is 0.416 e. The molecule has 142 valence electrons. The number of benzene rings is 1. The molecular formula is C17H21F3N4O2. The lowest BCUT2D eigenvalue weighted by atomic mass is 10.2. The number of alkyl halides is 3. The van der Waals surface area contributed by atoms with Gasteiger partial charge in [-0.25, -0.2) is 4.68 Å². The third kappa shape index (κ3) is 5.06. The maximum absolute atomic E-state index is 12.9. The first-order valence-corrected chi connectivity index (χ1v) is 8.04. The fraction of sp³-hybridized carbons (Fsp3) is 0.412. The number of nitrogens with one attached hydrogen (secondary N) is 2. The molecule has 2 aromatic rings. The van der Waals surface area contributed by atoms with Crippen molar-refractivity contribution in [2.45, 2.75) is 13.1 Å². The first-order chi connectivity index (χ1) is 12.3. The van der Waals surface area contributed by atoms with Crippen LogP contribution in [0, 0.1) is 6.92 Å². The van der Waals surface area contributed by atoms with Gasteiger partial charge in [0.05, 0.1) is 35.3 Å². The zero-order valence-corrected chi connectivity index (χ0v) is 14.6. The number of amides is 1. The first-order valence-electron chi connectivity index (χ1n) is 8.04. The molecular weight excluding hydrogens is 349 g/mol. The third-order valence-electron chi connectivity index (χ3n) is 3.74. The highest BCUT2D eigenvalue weighted by molar-refractivity contribution is 5.95. The Morgan fingerprint density at radius 1 is 1.27 bits per heavy atom. The van der Waals surface area contributed by atoms with Crippen molar-refractivity contribution >= 4 is 5.91 Å². The van der Waals surface area contributed by atoms with Gasteiger partial charge in [-0.15, -0.1) is 0 Å². The summed E-state index contributed by atoms with van der Waals surface area (Å²) >= 11 is 0. The Labute approximate surface area is 149 Å². The van der Waals surface area contributed by atoms with E-state index in [-0.39, 0.29) is 11.6 Å². The highest BCUT2D eigenvalue weighted by atomic mass is 19.4. The van der Waals surface area contributed by atoms with Crippen molar-refractivity contribution in [3.8, 4) is 5.69 Å². The van der Waals surface area contributed by atoms with Crippen LogP contribution in [0.15, 0.2) is 30.5 Å². The standard InChI is InChI=1S/C17H21F3N4O2/c1-12-15(16(25)22-7-6-21-8-9-26-2)11-23-24(12)14-5-3-4-13(10-14)17(18,19)20/h3-5,10-11,21H,6-9H2,1-2H3,(H,22,25). The normalized spacial score (nSPS) is 11.6. The van der Waals surface area contributed by atoms with Gasteiger partial charge in [-0.1, -0.05) is 6.07 Å². The average molecular weight is 370 g/mol. The minimum absolute atomic E-state index is 0.248. The Kier molecular flexibility index (Phi) is 6.76. The molecule has 0 unspecified atom stereocenters. The molecule has 0 spiro atoms. The molecule has 1 aromatic heterocycles. The van der Waals surface area contributed by atoms with Gasteiger partial charge in [0.1, 0.15) is 0 Å². The van der Waals surface area contributed by atoms with Gasteiger partial charge in [-0.05, 0) is 25.1 Å². The minimum Gasteiger partial charge on any atom is -0.383 e. The summed E-state index contributed by atoms with van der Waals surface area (Å²) in [7, 11) is 1.61. The van der Waals surface area contributed by atoms with Crippen LogP contribution in [0.3, 0.4) is 0 Å². The minimum atomic E-state index is -4.44. The molecule has 2 rings (SSSR count). The molecule has 0 radical (unpaired) electrons. The number of hydrogen-bond donors (Lipinski definition) is 2. The van der Waals surface area contributed by atoms with Gasteiger partial charge >= 0.3 is 6.18 Å². The van der Waals surface area contributed by atoms with Gasteiger partial charge in [0.25, 0.3) is 5.91 Å². The van der Waals surface area contributed by atoms with Crippen molar-refractivity contribution in [3.63, 3.8) is 0 Å². The molecule has 6 nitrogen and oxygen atoms in total. The molecule has 0 aliphatic carbocycles. The summed E-state index contributed by atoms with van der Waals surface area (Å²) in [4.78, 5) is 12.2. The quantitative estimate of drug-likeness (QED) is 0.699. The monoisotopic (exact) mass is 370 g/mol. The molecule has 0 aliphatic heterocycles. The number of methoxy groups -OCH3 is 1. The van der Waals surface area contributed by atoms with Crippen molar-refractivity contribution < 1.29 is 22.7 Å². The van der Waals surface area contributed by atoms with E-state index in [1.165, 1.54) is 23.0 Å². The van der Waals surface area contributed by atoms with Gasteiger partial charge in [0.15, 0.2) is 0 Å². The number of hydrogen-bond acceptors (Lipinski definition) is 4. The molecule has 0 fully saturated rings. The van der Waals surface area contributed by atoms with Gasteiger partial charge < -0.3 is 15.4 Å². The van der Waals surface area contributed by atoms with Crippen molar-refractivity contribution in [2.75, 3.05) is 33.4 Å². The molecule has 2 N–H and O–H groups in total. The maximum Gasteiger partial charge on any atom is 0.416 e. The molecule has 0 aliphatic rings. The van der Waals surface area contributed by atoms with E-state index >= 15 is 0 Å². The highest BCUT2D eigenvalue weighted by Crippen LogP contribution is 2.30. The summed E-state index contributed by atoms with van der Waals surface area (Å²) in [6, 6.07) is 4.81. The third-order valence-corrected chi connectivity index (χ3v) is 3.74. The SMILES string of the molecule is COCCNCCNC(=O)c1cnn(-c2cccc(C(F)(F)F)c2)c1C. The number of carbonyl (C=O) groups is 1. The van der Waals surface area contributed by atoms with Crippen LogP contribution < -0.4 is 10.6 Å². The van der Waals surface area contributed by atoms with E-state index in [1.807, 2.05) is 0 Å². The Morgan fingerprint density at radius 2 is 2.04 bits per heavy atom. The summed E-state index contributed by atoms with van der Waals surface area (Å²) in [6.45, 7) is 3.89. The first kappa shape index (κ1) is 19.9. The molecule has 0 saturated heterocycles. The summed E-state index contributed by atoms with van der Waals surface area (Å²) in [5, 5.41) is 9.89. The van der Waals surface area contributed by atoms with Crippen LogP contribution in [0.5, 0.6) is 0 Å². The van der Waals surface area contributed by atoms with E-state index in [4.69, 9.17) is 4.74 Å². The number of nitrogens with zero attached hydrogens (tertiary/aromatic N) is 2. The molecule has 1 aromatic carbocycles. The van der Waals surface area contributed by atoms with E-state index in [1.54, 1.807) is 14.0 Å². The van der Waals surface area contributed by atoms with Crippen LogP contribution >= 0.6 is 0 Å². The lowest BCUT2D eigenvalue weighted by Crippen LogP contribution is -2.33. The van der Waals surface area contributed by atoms with E-state index in [2.05, 4.69) is 15.7 Å². The summed E-state index contributed by atoms with van der Waals surface area (Å²) in [6.07, 6.45) is -3.09. The fourth-order valence-electron chi connectivity index (χ4n) is 2.37. The van der Waals surface area contributed by atoms with Crippen LogP contribution in [0.1, 0.15) is 21.6 Å². The average Bonchev–Trinajstić information content (AvgIpc) is 2.99. The summed E-state index contributed by atoms with van der Waals surface area (Å²) in [5.41, 5.74) is 0.268. The number of aromatic nitrogens is 2. The summed E-state index contributed by atoms with van der Waals surface area (Å²) < 4.78 is 44.8. The molecule has 0 bridgehead atoms. The lowest BCUT2D eigenvalue weighted by molar-refractivity contribution is -0.137. The zero-order chi connectivity index (χ0) is 19.2. The number of carbonyl (C=O) groups excluding carboxylic acids is 1. The van der Waals surface area contributed by atoms with Crippen molar-refractivity contribution in [1.82, 2.24) is 20.4 Å². The molecule has 9 heteroatoms. The van der Waals surface area contributed by atoms with E-state index in [0.717, 1.165) is 12.1 Å². The number of ether oxygens (including phenoxy) is 1. The predicted octanol–water partition coefficient (Wildman–Crippen LogP) is 2.17. The molecule has 1 heterocycles. The van der Waals surface area contributed by atoms with Gasteiger partial charge in [-0.3, -0.25) is 4.79 Å². The second-order valence-corrected chi connectivity index (χ2v) is 5.60. The number of halogens is 3. The highest BCUT2D eigenvalue weighted by Gasteiger charge is 2.30. The smallest absolute Gasteiger partial charge is 0.383 e. The van der Waals surface area contributed by atoms with Crippen molar-refractivity contribution in [2.24, 2.45) is 0 Å². The number of rotatable bonds is 8. The van der Waals surface area contributed by atoms with E-state index in [0.29, 0.717) is 37.5 Å². The Balaban J connectivity index is 2.04. The van der Waals surface area contributed by atoms with Crippen LogP contribution in [-0.4, -0.2) is 49.0 Å². The van der Waals surface area contributed by atoms with Gasteiger partial charge in [0.2, 0.25) is 0 Å². The zero-order valence-electron chi connectivity index (χ0n) is 14.6. The second kappa shape index (κ2) is 8.81. The molecule has 0 saturated carbocycles. The van der Waals surface area contributed by atoms with E-state index < -0.39 is 11.7 Å². The molecule has 26 heavy (non-hydrogen) atoms. The van der Waals surface area contributed by atoms with Crippen molar-refractivity contribution in [1.29, 1.82) is 0 Å². The Hall–Kier alpha value is -2.39. The van der Waals surface area contributed by atoms with E-state index in [9.17, 15) is 18.0 Å². The Bertz CT molecular complexity index is 744. The molecule has 1 amide bonds. The van der Waals surface area contributed by atoms with Gasteiger partial charge in [-0.2, -0.15) is 18.3 Å². The maximum atomic E-state index is 12.9. The van der Waals surface area contributed by atoms with Crippen LogP contribution in [0.4, 0.5) is 13.2 Å². The van der Waals surface area contributed by atoms with Crippen LogP contribution in [-0.2, 0) is 10.9 Å². The van der Waals surface area contributed by atoms with Gasteiger partial charge in [0, 0.05) is 26.7 Å². The predicted molar refractivity (Wildman–Crippen MR) is 90.4 cm³/mol.